The van der Waals surface area contributed by atoms with E-state index in [9.17, 15) is 10.1 Å². The summed E-state index contributed by atoms with van der Waals surface area (Å²) in [6.07, 6.45) is 0. The third-order valence-electron chi connectivity index (χ3n) is 3.82. The van der Waals surface area contributed by atoms with Gasteiger partial charge in [0.1, 0.15) is 0 Å². The Balaban J connectivity index is 0.000000436. The monoisotopic (exact) mass is 333 g/mol. The van der Waals surface area contributed by atoms with E-state index in [0.29, 0.717) is 5.56 Å². The minimum Gasteiger partial charge on any atom is -0.392 e. The van der Waals surface area contributed by atoms with E-state index in [1.807, 2.05) is 32.0 Å². The van der Waals surface area contributed by atoms with Crippen LogP contribution in [0.25, 0.3) is 0 Å². The molecule has 132 valence electrons. The molecule has 0 saturated heterocycles. The number of hydrogen-bond donors (Lipinski definition) is 2. The van der Waals surface area contributed by atoms with Crippen LogP contribution in [0, 0.1) is 37.8 Å². The van der Waals surface area contributed by atoms with Gasteiger partial charge in [-0.05, 0) is 61.6 Å². The second-order valence-corrected chi connectivity index (χ2v) is 5.56. The second kappa shape index (κ2) is 9.80. The van der Waals surface area contributed by atoms with E-state index in [0.717, 1.165) is 16.7 Å². The third-order valence-corrected chi connectivity index (χ3v) is 3.82. The Morgan fingerprint density at radius 2 is 1.42 bits per heavy atom. The third kappa shape index (κ3) is 5.76. The zero-order valence-electron chi connectivity index (χ0n) is 14.0. The highest BCUT2D eigenvalue weighted by Crippen LogP contribution is 2.22. The van der Waals surface area contributed by atoms with Gasteiger partial charge in [-0.3, -0.25) is 10.1 Å². The van der Waals surface area contributed by atoms with Crippen LogP contribution in [0.5, 0.6) is 0 Å². The van der Waals surface area contributed by atoms with E-state index in [2.05, 4.69) is 13.8 Å². The van der Waals surface area contributed by atoms with Gasteiger partial charge in [-0.15, -0.1) is 0 Å². The summed E-state index contributed by atoms with van der Waals surface area (Å²) in [6.45, 7) is 7.63. The summed E-state index contributed by atoms with van der Waals surface area (Å²) >= 11 is 0. The molecule has 0 aromatic heterocycles. The van der Waals surface area contributed by atoms with Crippen LogP contribution in [-0.2, 0) is 13.2 Å². The lowest BCUT2D eigenvalue weighted by molar-refractivity contribution is -0.385. The number of nitro groups is 1. The van der Waals surface area contributed by atoms with Crippen molar-refractivity contribution in [1.29, 1.82) is 0 Å². The topological polar surface area (TPSA) is 83.6 Å². The fourth-order valence-corrected chi connectivity index (χ4v) is 2.06. The van der Waals surface area contributed by atoms with Crippen molar-refractivity contribution in [3.8, 4) is 0 Å². The van der Waals surface area contributed by atoms with Gasteiger partial charge >= 0.3 is 0 Å². The van der Waals surface area contributed by atoms with Gasteiger partial charge in [0.05, 0.1) is 23.7 Å². The number of rotatable bonds is 3. The maximum absolute atomic E-state index is 10.5. The fourth-order valence-electron chi connectivity index (χ4n) is 2.06. The van der Waals surface area contributed by atoms with Crippen LogP contribution in [0.15, 0.2) is 30.3 Å². The average Bonchev–Trinajstić information content (AvgIpc) is 2.52. The van der Waals surface area contributed by atoms with Gasteiger partial charge in [-0.1, -0.05) is 25.6 Å². The van der Waals surface area contributed by atoms with Crippen LogP contribution in [0.4, 0.5) is 5.69 Å². The molecule has 2 N–H and O–H groups in total. The predicted molar refractivity (Wildman–Crippen MR) is 97.1 cm³/mol. The Hall–Kier alpha value is -2.24. The van der Waals surface area contributed by atoms with Gasteiger partial charge in [0.15, 0.2) is 0 Å². The summed E-state index contributed by atoms with van der Waals surface area (Å²) in [5.41, 5.74) is 5.68. The minimum atomic E-state index is -0.474. The molecule has 24 heavy (non-hydrogen) atoms. The number of aliphatic hydroxyl groups is 2. The summed E-state index contributed by atoms with van der Waals surface area (Å²) in [7, 11) is 0. The quantitative estimate of drug-likeness (QED) is 0.653. The van der Waals surface area contributed by atoms with Crippen LogP contribution in [0.2, 0.25) is 0 Å². The first-order chi connectivity index (χ1) is 10.8. The standard InChI is InChI=1S/C9H11NO3.C9H12O.CH4/c1-6-3-8(5-11)9(10(12)13)4-7(6)2;1-7-3-4-9(6-10)5-8(7)2;/h3-4,11H,5H2,1-2H3;3-5,10H,6H2,1-2H3;1H4. The van der Waals surface area contributed by atoms with Crippen LogP contribution >= 0.6 is 0 Å². The molecule has 0 saturated carbocycles. The molecule has 2 aromatic rings. The van der Waals surface area contributed by atoms with Crippen molar-refractivity contribution in [2.24, 2.45) is 0 Å². The van der Waals surface area contributed by atoms with Crippen molar-refractivity contribution in [1.82, 2.24) is 0 Å². The first-order valence-electron chi connectivity index (χ1n) is 7.32. The summed E-state index contributed by atoms with van der Waals surface area (Å²) in [5, 5.41) is 28.2. The second-order valence-electron chi connectivity index (χ2n) is 5.56. The molecule has 0 aliphatic heterocycles. The molecule has 0 spiro atoms. The Kier molecular flexibility index (Phi) is 8.89. The van der Waals surface area contributed by atoms with Crippen LogP contribution in [0.3, 0.4) is 0 Å². The summed E-state index contributed by atoms with van der Waals surface area (Å²) in [6, 6.07) is 9.12. The van der Waals surface area contributed by atoms with E-state index in [1.54, 1.807) is 6.07 Å². The fraction of sp³-hybridized carbons (Fsp3) is 0.368. The molecule has 0 heterocycles. The van der Waals surface area contributed by atoms with Crippen LogP contribution in [-0.4, -0.2) is 15.1 Å². The molecule has 5 heteroatoms. The predicted octanol–water partition coefficient (Wildman–Crippen LogP) is 4.14. The number of aliphatic hydroxyl groups excluding tert-OH is 2. The van der Waals surface area contributed by atoms with Crippen molar-refractivity contribution in [2.45, 2.75) is 48.3 Å². The summed E-state index contributed by atoms with van der Waals surface area (Å²) < 4.78 is 0. The number of nitrogens with zero attached hydrogens (tertiary/aromatic N) is 1. The smallest absolute Gasteiger partial charge is 0.275 e. The summed E-state index contributed by atoms with van der Waals surface area (Å²) in [4.78, 5) is 10.1. The van der Waals surface area contributed by atoms with Crippen molar-refractivity contribution >= 4 is 5.69 Å². The van der Waals surface area contributed by atoms with E-state index in [-0.39, 0.29) is 26.3 Å². The zero-order valence-corrected chi connectivity index (χ0v) is 14.0. The number of benzene rings is 2. The lowest BCUT2D eigenvalue weighted by Gasteiger charge is -2.03. The molecule has 0 fully saturated rings. The Morgan fingerprint density at radius 3 is 1.88 bits per heavy atom. The average molecular weight is 333 g/mol. The molecule has 0 radical (unpaired) electrons. The Labute approximate surface area is 143 Å². The van der Waals surface area contributed by atoms with Gasteiger partial charge in [0.25, 0.3) is 5.69 Å². The van der Waals surface area contributed by atoms with E-state index < -0.39 is 4.92 Å². The molecule has 0 aliphatic rings. The molecule has 0 amide bonds. The molecule has 0 unspecified atom stereocenters. The van der Waals surface area contributed by atoms with Gasteiger partial charge < -0.3 is 10.2 Å². The molecule has 2 rings (SSSR count). The minimum absolute atomic E-state index is 0. The molecule has 5 nitrogen and oxygen atoms in total. The molecular formula is C19H27NO4. The lowest BCUT2D eigenvalue weighted by atomic mass is 10.0. The maximum atomic E-state index is 10.5. The lowest BCUT2D eigenvalue weighted by Crippen LogP contribution is -1.97. The van der Waals surface area contributed by atoms with Gasteiger partial charge in [-0.2, -0.15) is 0 Å². The molecule has 0 atom stereocenters. The SMILES string of the molecule is C.Cc1cc(CO)c([N+](=O)[O-])cc1C.Cc1ccc(CO)cc1C. The maximum Gasteiger partial charge on any atom is 0.275 e. The summed E-state index contributed by atoms with van der Waals surface area (Å²) in [5.74, 6) is 0. The highest BCUT2D eigenvalue weighted by molar-refractivity contribution is 5.46. The number of hydrogen-bond acceptors (Lipinski definition) is 4. The number of nitro benzene ring substituents is 1. The molecule has 0 bridgehead atoms. The Bertz CT molecular complexity index is 696. The van der Waals surface area contributed by atoms with Crippen LogP contribution < -0.4 is 0 Å². The molecule has 2 aromatic carbocycles. The normalized spacial score (nSPS) is 9.58. The zero-order chi connectivity index (χ0) is 17.6. The van der Waals surface area contributed by atoms with Crippen molar-refractivity contribution < 1.29 is 15.1 Å². The molecular weight excluding hydrogens is 306 g/mol. The highest BCUT2D eigenvalue weighted by Gasteiger charge is 2.13. The largest absolute Gasteiger partial charge is 0.392 e. The van der Waals surface area contributed by atoms with Crippen LogP contribution in [0.1, 0.15) is 40.8 Å². The first kappa shape index (κ1) is 21.8. The number of aryl methyl sites for hydroxylation is 4. The van der Waals surface area contributed by atoms with E-state index in [4.69, 9.17) is 10.2 Å². The van der Waals surface area contributed by atoms with Gasteiger partial charge in [0, 0.05) is 6.07 Å². The van der Waals surface area contributed by atoms with Gasteiger partial charge in [0.2, 0.25) is 0 Å². The Morgan fingerprint density at radius 1 is 0.875 bits per heavy atom. The van der Waals surface area contributed by atoms with E-state index >= 15 is 0 Å². The first-order valence-corrected chi connectivity index (χ1v) is 7.32. The van der Waals surface area contributed by atoms with Gasteiger partial charge in [-0.25, -0.2) is 0 Å². The van der Waals surface area contributed by atoms with Crippen molar-refractivity contribution in [3.05, 3.63) is 73.8 Å². The van der Waals surface area contributed by atoms with Crippen molar-refractivity contribution in [3.63, 3.8) is 0 Å². The van der Waals surface area contributed by atoms with Crippen molar-refractivity contribution in [2.75, 3.05) is 0 Å². The molecule has 0 aliphatic carbocycles. The van der Waals surface area contributed by atoms with E-state index in [1.165, 1.54) is 17.2 Å². The highest BCUT2D eigenvalue weighted by atomic mass is 16.6.